The molecular formula is C12H21Li. The minimum Gasteiger partial charge on any atom is -0.272 e. The standard InChI is InChI=1S/C12H21.Li/c1-4-7-9-11-12(6-3)10-8-5-2;/h6H,3-5,7-10H2,1-2H3;/q-1;+1. The van der Waals surface area contributed by atoms with Crippen molar-refractivity contribution in [3.05, 3.63) is 24.3 Å². The van der Waals surface area contributed by atoms with Gasteiger partial charge < -0.3 is 0 Å². The van der Waals surface area contributed by atoms with Crippen LogP contribution >= 0.6 is 0 Å². The first-order valence-corrected chi connectivity index (χ1v) is 5.07. The maximum atomic E-state index is 3.79. The summed E-state index contributed by atoms with van der Waals surface area (Å²) in [7, 11) is 0. The van der Waals surface area contributed by atoms with E-state index in [1.807, 2.05) is 6.08 Å². The largest absolute Gasteiger partial charge is 1.00 e. The van der Waals surface area contributed by atoms with E-state index < -0.39 is 0 Å². The summed E-state index contributed by atoms with van der Waals surface area (Å²) in [5.41, 5.74) is 1.31. The fourth-order valence-electron chi connectivity index (χ4n) is 1.06. The van der Waals surface area contributed by atoms with Crippen molar-refractivity contribution < 1.29 is 18.9 Å². The van der Waals surface area contributed by atoms with E-state index in [9.17, 15) is 0 Å². The Bertz CT molecular complexity index is 136. The second-order valence-electron chi connectivity index (χ2n) is 3.11. The summed E-state index contributed by atoms with van der Waals surface area (Å²) in [5.74, 6) is 0. The van der Waals surface area contributed by atoms with Gasteiger partial charge in [0.15, 0.2) is 0 Å². The summed E-state index contributed by atoms with van der Waals surface area (Å²) in [6.45, 7) is 8.22. The Balaban J connectivity index is 0. The van der Waals surface area contributed by atoms with Gasteiger partial charge in [0, 0.05) is 0 Å². The molecule has 0 heterocycles. The fourth-order valence-corrected chi connectivity index (χ4v) is 1.06. The van der Waals surface area contributed by atoms with Crippen LogP contribution in [0.2, 0.25) is 0 Å². The molecule has 1 heteroatoms. The van der Waals surface area contributed by atoms with Gasteiger partial charge in [-0.05, 0) is 0 Å². The number of unbranched alkanes of at least 4 members (excludes halogenated alkanes) is 3. The molecule has 0 saturated carbocycles. The Morgan fingerprint density at radius 2 is 1.85 bits per heavy atom. The molecule has 0 fully saturated rings. The molecule has 0 spiro atoms. The van der Waals surface area contributed by atoms with E-state index in [1.165, 1.54) is 31.3 Å². The van der Waals surface area contributed by atoms with Gasteiger partial charge in [0.25, 0.3) is 0 Å². The molecule has 0 aliphatic rings. The molecule has 0 atom stereocenters. The van der Waals surface area contributed by atoms with Crippen molar-refractivity contribution in [2.24, 2.45) is 0 Å². The first-order valence-electron chi connectivity index (χ1n) is 5.07. The molecule has 0 radical (unpaired) electrons. The molecule has 70 valence electrons. The molecule has 0 aromatic heterocycles. The van der Waals surface area contributed by atoms with E-state index in [0.29, 0.717) is 0 Å². The quantitative estimate of drug-likeness (QED) is 0.235. The Morgan fingerprint density at radius 1 is 1.23 bits per heavy atom. The summed E-state index contributed by atoms with van der Waals surface area (Å²) >= 11 is 0. The average Bonchev–Trinajstić information content (AvgIpc) is 2.11. The third-order valence-corrected chi connectivity index (χ3v) is 1.93. The van der Waals surface area contributed by atoms with Gasteiger partial charge >= 0.3 is 18.9 Å². The predicted octanol–water partition coefficient (Wildman–Crippen LogP) is 1.29. The van der Waals surface area contributed by atoms with E-state index in [0.717, 1.165) is 12.8 Å². The van der Waals surface area contributed by atoms with Crippen LogP contribution in [-0.2, 0) is 0 Å². The van der Waals surface area contributed by atoms with Gasteiger partial charge in [-0.25, -0.2) is 11.6 Å². The normalized spacial score (nSPS) is 10.8. The van der Waals surface area contributed by atoms with Crippen LogP contribution in [0.1, 0.15) is 52.4 Å². The zero-order valence-electron chi connectivity index (χ0n) is 9.53. The first kappa shape index (κ1) is 15.5. The van der Waals surface area contributed by atoms with Crippen molar-refractivity contribution >= 4 is 0 Å². The van der Waals surface area contributed by atoms with Crippen molar-refractivity contribution in [1.82, 2.24) is 0 Å². The van der Waals surface area contributed by atoms with E-state index in [1.54, 1.807) is 0 Å². The number of hydrogen-bond donors (Lipinski definition) is 0. The van der Waals surface area contributed by atoms with Crippen LogP contribution in [0.4, 0.5) is 0 Å². The predicted molar refractivity (Wildman–Crippen MR) is 56.0 cm³/mol. The molecule has 0 aliphatic heterocycles. The van der Waals surface area contributed by atoms with Crippen molar-refractivity contribution in [2.45, 2.75) is 52.4 Å². The third kappa shape index (κ3) is 10.00. The van der Waals surface area contributed by atoms with E-state index in [-0.39, 0.29) is 18.9 Å². The second kappa shape index (κ2) is 12.1. The smallest absolute Gasteiger partial charge is 0.272 e. The molecule has 0 aromatic rings. The zero-order valence-corrected chi connectivity index (χ0v) is 9.53. The maximum absolute atomic E-state index is 3.79. The molecule has 0 aromatic carbocycles. The SMILES string of the molecule is C=CC(=[C-]CCCC)CCCC.[Li+]. The summed E-state index contributed by atoms with van der Waals surface area (Å²) in [6, 6.07) is 0. The van der Waals surface area contributed by atoms with Crippen molar-refractivity contribution in [2.75, 3.05) is 0 Å². The minimum absolute atomic E-state index is 0. The maximum Gasteiger partial charge on any atom is 1.00 e. The van der Waals surface area contributed by atoms with Crippen LogP contribution in [0.5, 0.6) is 0 Å². The fraction of sp³-hybridized carbons (Fsp3) is 0.667. The molecule has 0 bridgehead atoms. The van der Waals surface area contributed by atoms with Crippen molar-refractivity contribution in [3.8, 4) is 0 Å². The third-order valence-electron chi connectivity index (χ3n) is 1.93. The molecule has 0 unspecified atom stereocenters. The average molecular weight is 172 g/mol. The van der Waals surface area contributed by atoms with Crippen molar-refractivity contribution in [1.29, 1.82) is 0 Å². The minimum atomic E-state index is 0. The molecule has 0 nitrogen and oxygen atoms in total. The Kier molecular flexibility index (Phi) is 14.4. The number of rotatable bonds is 7. The Morgan fingerprint density at radius 3 is 2.31 bits per heavy atom. The summed E-state index contributed by atoms with van der Waals surface area (Å²) < 4.78 is 0. The van der Waals surface area contributed by atoms with E-state index in [4.69, 9.17) is 0 Å². The number of allylic oxidation sites excluding steroid dienone is 3. The van der Waals surface area contributed by atoms with E-state index >= 15 is 0 Å². The molecule has 0 aliphatic carbocycles. The summed E-state index contributed by atoms with van der Waals surface area (Å²) in [6.07, 6.45) is 12.6. The van der Waals surface area contributed by atoms with Gasteiger partial charge in [0.05, 0.1) is 0 Å². The van der Waals surface area contributed by atoms with Gasteiger partial charge in [-0.1, -0.05) is 46.0 Å². The Labute approximate surface area is 95.7 Å². The van der Waals surface area contributed by atoms with E-state index in [2.05, 4.69) is 26.5 Å². The van der Waals surface area contributed by atoms with Crippen LogP contribution in [0, 0.1) is 6.08 Å². The monoisotopic (exact) mass is 172 g/mol. The molecule has 0 N–H and O–H groups in total. The van der Waals surface area contributed by atoms with Crippen LogP contribution in [0.25, 0.3) is 0 Å². The van der Waals surface area contributed by atoms with Crippen LogP contribution in [0.15, 0.2) is 18.2 Å². The van der Waals surface area contributed by atoms with Gasteiger partial charge in [0.1, 0.15) is 0 Å². The van der Waals surface area contributed by atoms with Gasteiger partial charge in [-0.2, -0.15) is 6.58 Å². The molecule has 0 saturated heterocycles. The van der Waals surface area contributed by atoms with Gasteiger partial charge in [-0.3, -0.25) is 6.08 Å². The molecule has 13 heavy (non-hydrogen) atoms. The molecular weight excluding hydrogens is 151 g/mol. The second-order valence-corrected chi connectivity index (χ2v) is 3.11. The Hall–Kier alpha value is 0.0774. The summed E-state index contributed by atoms with van der Waals surface area (Å²) in [5, 5.41) is 0. The number of hydrogen-bond acceptors (Lipinski definition) is 0. The summed E-state index contributed by atoms with van der Waals surface area (Å²) in [4.78, 5) is 0. The van der Waals surface area contributed by atoms with Crippen molar-refractivity contribution in [3.63, 3.8) is 0 Å². The topological polar surface area (TPSA) is 0 Å². The molecule has 0 amide bonds. The van der Waals surface area contributed by atoms with Gasteiger partial charge in [0.2, 0.25) is 0 Å². The van der Waals surface area contributed by atoms with Gasteiger partial charge in [-0.15, -0.1) is 6.42 Å². The van der Waals surface area contributed by atoms with Crippen LogP contribution in [-0.4, -0.2) is 0 Å². The van der Waals surface area contributed by atoms with Crippen LogP contribution in [0.3, 0.4) is 0 Å². The first-order chi connectivity index (χ1) is 5.85. The zero-order chi connectivity index (χ0) is 9.23. The van der Waals surface area contributed by atoms with Crippen LogP contribution < -0.4 is 18.9 Å². The molecule has 0 rings (SSSR count).